The largest absolute Gasteiger partial charge is 0.508 e. The topological polar surface area (TPSA) is 105 Å². The Hall–Kier alpha value is -2.52. The predicted molar refractivity (Wildman–Crippen MR) is 82.8 cm³/mol. The van der Waals surface area contributed by atoms with Crippen molar-refractivity contribution in [2.45, 2.75) is 25.8 Å². The van der Waals surface area contributed by atoms with Gasteiger partial charge < -0.3 is 20.8 Å². The van der Waals surface area contributed by atoms with E-state index in [1.807, 2.05) is 13.0 Å². The highest BCUT2D eigenvalue weighted by molar-refractivity contribution is 5.97. The zero-order valence-corrected chi connectivity index (χ0v) is 12.5. The fourth-order valence-electron chi connectivity index (χ4n) is 1.73. The molecular formula is C16H21N3O3. The summed E-state index contributed by atoms with van der Waals surface area (Å²) in [7, 11) is 0. The number of rotatable bonds is 8. The van der Waals surface area contributed by atoms with E-state index in [-0.39, 0.29) is 24.0 Å². The summed E-state index contributed by atoms with van der Waals surface area (Å²) >= 11 is 0. The molecular weight excluding hydrogens is 282 g/mol. The van der Waals surface area contributed by atoms with Crippen LogP contribution in [-0.2, 0) is 11.2 Å². The van der Waals surface area contributed by atoms with E-state index in [1.54, 1.807) is 24.3 Å². The van der Waals surface area contributed by atoms with Crippen molar-refractivity contribution >= 4 is 5.91 Å². The SMILES string of the molecule is CCC(CO)N/C=C(/C#N)C(=O)NCCc1ccc(O)cc1. The van der Waals surface area contributed by atoms with Gasteiger partial charge in [-0.3, -0.25) is 4.79 Å². The molecule has 1 unspecified atom stereocenters. The summed E-state index contributed by atoms with van der Waals surface area (Å²) in [5, 5.41) is 32.7. The molecule has 0 bridgehead atoms. The Labute approximate surface area is 130 Å². The van der Waals surface area contributed by atoms with E-state index in [4.69, 9.17) is 10.4 Å². The second kappa shape index (κ2) is 9.42. The number of hydrogen-bond donors (Lipinski definition) is 4. The Morgan fingerprint density at radius 1 is 1.41 bits per heavy atom. The first-order valence-electron chi connectivity index (χ1n) is 7.14. The van der Waals surface area contributed by atoms with Crippen LogP contribution < -0.4 is 10.6 Å². The van der Waals surface area contributed by atoms with Crippen LogP contribution in [0, 0.1) is 11.3 Å². The van der Waals surface area contributed by atoms with Gasteiger partial charge in [0.2, 0.25) is 0 Å². The van der Waals surface area contributed by atoms with E-state index in [2.05, 4.69) is 10.6 Å². The number of amides is 1. The number of phenols is 1. The summed E-state index contributed by atoms with van der Waals surface area (Å²) in [6, 6.07) is 8.38. The number of hydrogen-bond acceptors (Lipinski definition) is 5. The number of aliphatic hydroxyl groups excluding tert-OH is 1. The number of aromatic hydroxyl groups is 1. The maximum absolute atomic E-state index is 11.9. The normalized spacial score (nSPS) is 12.3. The van der Waals surface area contributed by atoms with E-state index in [0.29, 0.717) is 19.4 Å². The van der Waals surface area contributed by atoms with Gasteiger partial charge in [0.15, 0.2) is 0 Å². The van der Waals surface area contributed by atoms with Crippen LogP contribution in [0.25, 0.3) is 0 Å². The van der Waals surface area contributed by atoms with E-state index < -0.39 is 5.91 Å². The van der Waals surface area contributed by atoms with E-state index >= 15 is 0 Å². The molecule has 0 aliphatic carbocycles. The molecule has 4 N–H and O–H groups in total. The third-order valence-corrected chi connectivity index (χ3v) is 3.18. The Kier molecular flexibility index (Phi) is 7.51. The number of carbonyl (C=O) groups is 1. The van der Waals surface area contributed by atoms with Crippen molar-refractivity contribution < 1.29 is 15.0 Å². The van der Waals surface area contributed by atoms with Gasteiger partial charge in [0.25, 0.3) is 5.91 Å². The molecule has 118 valence electrons. The Morgan fingerprint density at radius 3 is 2.64 bits per heavy atom. The van der Waals surface area contributed by atoms with E-state index in [9.17, 15) is 9.90 Å². The molecule has 0 aliphatic heterocycles. The van der Waals surface area contributed by atoms with E-state index in [0.717, 1.165) is 5.56 Å². The van der Waals surface area contributed by atoms with Crippen LogP contribution in [-0.4, -0.2) is 35.3 Å². The van der Waals surface area contributed by atoms with Gasteiger partial charge in [-0.15, -0.1) is 0 Å². The number of carbonyl (C=O) groups excluding carboxylic acids is 1. The number of nitrogens with zero attached hydrogens (tertiary/aromatic N) is 1. The molecule has 0 fully saturated rings. The minimum atomic E-state index is -0.457. The second-order valence-electron chi connectivity index (χ2n) is 4.80. The first kappa shape index (κ1) is 17.5. The van der Waals surface area contributed by atoms with Crippen LogP contribution in [0.15, 0.2) is 36.0 Å². The van der Waals surface area contributed by atoms with Crippen molar-refractivity contribution in [3.63, 3.8) is 0 Å². The maximum Gasteiger partial charge on any atom is 0.263 e. The highest BCUT2D eigenvalue weighted by Gasteiger charge is 2.09. The van der Waals surface area contributed by atoms with Gasteiger partial charge in [-0.05, 0) is 30.5 Å². The number of phenolic OH excluding ortho intramolecular Hbond substituents is 1. The molecule has 6 heteroatoms. The average Bonchev–Trinajstić information content (AvgIpc) is 2.53. The van der Waals surface area contributed by atoms with Gasteiger partial charge in [-0.2, -0.15) is 5.26 Å². The number of benzene rings is 1. The Morgan fingerprint density at radius 2 is 2.09 bits per heavy atom. The second-order valence-corrected chi connectivity index (χ2v) is 4.80. The molecule has 22 heavy (non-hydrogen) atoms. The fraction of sp³-hybridized carbons (Fsp3) is 0.375. The first-order chi connectivity index (χ1) is 10.6. The predicted octanol–water partition coefficient (Wildman–Crippen LogP) is 0.819. The molecule has 1 rings (SSSR count). The highest BCUT2D eigenvalue weighted by atomic mass is 16.3. The van der Waals surface area contributed by atoms with Gasteiger partial charge in [-0.25, -0.2) is 0 Å². The Balaban J connectivity index is 2.46. The molecule has 0 heterocycles. The quantitative estimate of drug-likeness (QED) is 0.420. The zero-order chi connectivity index (χ0) is 16.4. The van der Waals surface area contributed by atoms with E-state index in [1.165, 1.54) is 6.20 Å². The van der Waals surface area contributed by atoms with Crippen molar-refractivity contribution in [1.29, 1.82) is 5.26 Å². The lowest BCUT2D eigenvalue weighted by Crippen LogP contribution is -2.31. The molecule has 0 saturated heterocycles. The molecule has 0 aliphatic rings. The summed E-state index contributed by atoms with van der Waals surface area (Å²) in [5.74, 6) is -0.260. The third kappa shape index (κ3) is 5.85. The number of nitrogens with one attached hydrogen (secondary N) is 2. The molecule has 0 aromatic heterocycles. The minimum Gasteiger partial charge on any atom is -0.508 e. The maximum atomic E-state index is 11.9. The molecule has 0 radical (unpaired) electrons. The van der Waals surface area contributed by atoms with Crippen molar-refractivity contribution in [3.05, 3.63) is 41.6 Å². The fourth-order valence-corrected chi connectivity index (χ4v) is 1.73. The monoisotopic (exact) mass is 303 g/mol. The lowest BCUT2D eigenvalue weighted by atomic mass is 10.1. The molecule has 1 aromatic carbocycles. The van der Waals surface area contributed by atoms with Gasteiger partial charge in [0.1, 0.15) is 17.4 Å². The van der Waals surface area contributed by atoms with Crippen LogP contribution >= 0.6 is 0 Å². The summed E-state index contributed by atoms with van der Waals surface area (Å²) in [5.41, 5.74) is 0.947. The van der Waals surface area contributed by atoms with Crippen molar-refractivity contribution in [2.24, 2.45) is 0 Å². The van der Waals surface area contributed by atoms with Crippen molar-refractivity contribution in [2.75, 3.05) is 13.2 Å². The lowest BCUT2D eigenvalue weighted by molar-refractivity contribution is -0.117. The van der Waals surface area contributed by atoms with Crippen LogP contribution in [0.1, 0.15) is 18.9 Å². The number of aliphatic hydroxyl groups is 1. The summed E-state index contributed by atoms with van der Waals surface area (Å²) in [4.78, 5) is 11.9. The van der Waals surface area contributed by atoms with Gasteiger partial charge in [0, 0.05) is 18.8 Å². The molecule has 1 amide bonds. The van der Waals surface area contributed by atoms with Gasteiger partial charge >= 0.3 is 0 Å². The molecule has 1 aromatic rings. The number of nitriles is 1. The van der Waals surface area contributed by atoms with Crippen LogP contribution in [0.3, 0.4) is 0 Å². The molecule has 6 nitrogen and oxygen atoms in total. The van der Waals surface area contributed by atoms with Crippen molar-refractivity contribution in [1.82, 2.24) is 10.6 Å². The van der Waals surface area contributed by atoms with Crippen LogP contribution in [0.5, 0.6) is 5.75 Å². The third-order valence-electron chi connectivity index (χ3n) is 3.18. The van der Waals surface area contributed by atoms with Gasteiger partial charge in [0.05, 0.1) is 6.61 Å². The standard InChI is InChI=1S/C16H21N3O3/c1-2-14(11-20)19-10-13(9-17)16(22)18-8-7-12-3-5-15(21)6-4-12/h3-6,10,14,19-21H,2,7-8,11H2,1H3,(H,18,22)/b13-10-. The summed E-state index contributed by atoms with van der Waals surface area (Å²) in [6.45, 7) is 2.22. The summed E-state index contributed by atoms with van der Waals surface area (Å²) < 4.78 is 0. The summed E-state index contributed by atoms with van der Waals surface area (Å²) in [6.07, 6.45) is 2.63. The van der Waals surface area contributed by atoms with Crippen LogP contribution in [0.4, 0.5) is 0 Å². The average molecular weight is 303 g/mol. The molecule has 0 saturated carbocycles. The van der Waals surface area contributed by atoms with Crippen molar-refractivity contribution in [3.8, 4) is 11.8 Å². The first-order valence-corrected chi connectivity index (χ1v) is 7.14. The minimum absolute atomic E-state index is 0.0300. The zero-order valence-electron chi connectivity index (χ0n) is 12.5. The molecule has 1 atom stereocenters. The molecule has 0 spiro atoms. The van der Waals surface area contributed by atoms with Gasteiger partial charge in [-0.1, -0.05) is 19.1 Å². The lowest BCUT2D eigenvalue weighted by Gasteiger charge is -2.12. The Bertz CT molecular complexity index is 543. The van der Waals surface area contributed by atoms with Crippen LogP contribution in [0.2, 0.25) is 0 Å². The highest BCUT2D eigenvalue weighted by Crippen LogP contribution is 2.09. The smallest absolute Gasteiger partial charge is 0.263 e.